The fourth-order valence-corrected chi connectivity index (χ4v) is 4.01. The van der Waals surface area contributed by atoms with Crippen LogP contribution in [0.3, 0.4) is 0 Å². The van der Waals surface area contributed by atoms with Gasteiger partial charge in [-0.25, -0.2) is 0 Å². The van der Waals surface area contributed by atoms with Gasteiger partial charge in [0.15, 0.2) is 17.3 Å². The zero-order valence-corrected chi connectivity index (χ0v) is 11.8. The minimum absolute atomic E-state index is 0.0974. The third-order valence-electron chi connectivity index (χ3n) is 5.04. The van der Waals surface area contributed by atoms with E-state index < -0.39 is 11.5 Å². The smallest absolute Gasteiger partial charge is 0.231 e. The van der Waals surface area contributed by atoms with Crippen molar-refractivity contribution in [3.63, 3.8) is 0 Å². The molecule has 2 aromatic carbocycles. The van der Waals surface area contributed by atoms with Gasteiger partial charge in [0.1, 0.15) is 0 Å². The number of aliphatic hydroxyl groups excluding tert-OH is 1. The zero-order chi connectivity index (χ0) is 14.9. The molecule has 1 N–H and O–H groups in total. The van der Waals surface area contributed by atoms with Crippen molar-refractivity contribution in [2.75, 3.05) is 6.79 Å². The van der Waals surface area contributed by atoms with E-state index in [1.54, 1.807) is 6.08 Å². The van der Waals surface area contributed by atoms with Gasteiger partial charge in [-0.05, 0) is 24.3 Å². The highest BCUT2D eigenvalue weighted by Crippen LogP contribution is 2.55. The molecule has 22 heavy (non-hydrogen) atoms. The van der Waals surface area contributed by atoms with Gasteiger partial charge in [0.2, 0.25) is 6.79 Å². The number of carbonyl (C=O) groups excluding carboxylic acids is 1. The highest BCUT2D eigenvalue weighted by molar-refractivity contribution is 6.22. The maximum absolute atomic E-state index is 13.1. The van der Waals surface area contributed by atoms with Crippen LogP contribution in [0.25, 0.3) is 10.8 Å². The van der Waals surface area contributed by atoms with Gasteiger partial charge in [0.05, 0.1) is 11.5 Å². The van der Waals surface area contributed by atoms with Crippen molar-refractivity contribution in [3.05, 3.63) is 47.5 Å². The van der Waals surface area contributed by atoms with Crippen LogP contribution in [0.1, 0.15) is 28.8 Å². The van der Waals surface area contributed by atoms with E-state index >= 15 is 0 Å². The number of ether oxygens (including phenoxy) is 2. The molecule has 1 aliphatic heterocycles. The van der Waals surface area contributed by atoms with Crippen molar-refractivity contribution in [1.29, 1.82) is 0 Å². The van der Waals surface area contributed by atoms with Gasteiger partial charge in [0.25, 0.3) is 0 Å². The number of ketones is 1. The van der Waals surface area contributed by atoms with Crippen LogP contribution in [0, 0.1) is 0 Å². The van der Waals surface area contributed by atoms with Crippen LogP contribution in [-0.2, 0) is 5.41 Å². The van der Waals surface area contributed by atoms with Gasteiger partial charge in [-0.3, -0.25) is 4.79 Å². The summed E-state index contributed by atoms with van der Waals surface area (Å²) in [5.74, 6) is 1.49. The van der Waals surface area contributed by atoms with Crippen LogP contribution < -0.4 is 9.47 Å². The molecule has 4 nitrogen and oxygen atoms in total. The third kappa shape index (κ3) is 1.29. The molecule has 0 saturated carbocycles. The van der Waals surface area contributed by atoms with Crippen LogP contribution in [0.2, 0.25) is 0 Å². The summed E-state index contributed by atoms with van der Waals surface area (Å²) in [6.45, 7) is 0.185. The predicted molar refractivity (Wildman–Crippen MR) is 80.5 cm³/mol. The summed E-state index contributed by atoms with van der Waals surface area (Å²) in [5.41, 5.74) is 0.938. The van der Waals surface area contributed by atoms with Gasteiger partial charge >= 0.3 is 0 Å². The molecule has 0 bridgehead atoms. The van der Waals surface area contributed by atoms with Crippen molar-refractivity contribution in [1.82, 2.24) is 0 Å². The molecule has 3 aliphatic rings. The van der Waals surface area contributed by atoms with E-state index in [-0.39, 0.29) is 12.6 Å². The molecule has 0 fully saturated rings. The topological polar surface area (TPSA) is 55.8 Å². The highest BCUT2D eigenvalue weighted by atomic mass is 16.7. The van der Waals surface area contributed by atoms with Crippen molar-refractivity contribution in [2.24, 2.45) is 0 Å². The summed E-state index contributed by atoms with van der Waals surface area (Å²) in [4.78, 5) is 13.1. The Balaban J connectivity index is 1.92. The number of benzene rings is 2. The van der Waals surface area contributed by atoms with E-state index in [4.69, 9.17) is 9.47 Å². The molecule has 2 atom stereocenters. The molecular weight excluding hydrogens is 280 g/mol. The first-order chi connectivity index (χ1) is 10.7. The van der Waals surface area contributed by atoms with Crippen LogP contribution in [0.5, 0.6) is 11.5 Å². The Kier molecular flexibility index (Phi) is 2.17. The quantitative estimate of drug-likeness (QED) is 0.759. The third-order valence-corrected chi connectivity index (χ3v) is 5.04. The lowest BCUT2D eigenvalue weighted by Gasteiger charge is -2.30. The minimum atomic E-state index is -0.722. The Morgan fingerprint density at radius 2 is 2.18 bits per heavy atom. The molecule has 110 valence electrons. The summed E-state index contributed by atoms with van der Waals surface area (Å²) in [6, 6.07) is 7.72. The van der Waals surface area contributed by atoms with E-state index in [9.17, 15) is 9.90 Å². The lowest BCUT2D eigenvalue weighted by molar-refractivity contribution is 0.0893. The van der Waals surface area contributed by atoms with Crippen molar-refractivity contribution < 1.29 is 19.4 Å². The second-order valence-electron chi connectivity index (χ2n) is 6.15. The number of Topliss-reactive ketones (excluding diaryl/α,β-unsaturated/α-hetero) is 1. The molecule has 1 spiro atoms. The minimum Gasteiger partial charge on any atom is -0.454 e. The van der Waals surface area contributed by atoms with Crippen LogP contribution in [0.4, 0.5) is 0 Å². The van der Waals surface area contributed by atoms with Gasteiger partial charge in [-0.15, -0.1) is 0 Å². The van der Waals surface area contributed by atoms with Crippen LogP contribution in [0.15, 0.2) is 36.4 Å². The second kappa shape index (κ2) is 3.90. The van der Waals surface area contributed by atoms with Crippen LogP contribution >= 0.6 is 0 Å². The molecule has 0 saturated heterocycles. The van der Waals surface area contributed by atoms with E-state index in [1.165, 1.54) is 0 Å². The molecule has 0 aromatic heterocycles. The van der Waals surface area contributed by atoms with Crippen molar-refractivity contribution in [3.8, 4) is 11.5 Å². The maximum Gasteiger partial charge on any atom is 0.231 e. The van der Waals surface area contributed by atoms with Gasteiger partial charge < -0.3 is 14.6 Å². The number of fused-ring (bicyclic) bond motifs is 3. The van der Waals surface area contributed by atoms with E-state index in [0.29, 0.717) is 24.3 Å². The summed E-state index contributed by atoms with van der Waals surface area (Å²) in [7, 11) is 0. The Morgan fingerprint density at radius 3 is 3.00 bits per heavy atom. The molecule has 0 radical (unpaired) electrons. The molecular formula is C18H14O4. The van der Waals surface area contributed by atoms with Gasteiger partial charge in [-0.2, -0.15) is 0 Å². The number of allylic oxidation sites excluding steroid dienone is 1. The van der Waals surface area contributed by atoms with E-state index in [1.807, 2.05) is 30.3 Å². The van der Waals surface area contributed by atoms with E-state index in [2.05, 4.69) is 0 Å². The molecule has 2 aromatic rings. The van der Waals surface area contributed by atoms with Crippen molar-refractivity contribution >= 4 is 16.6 Å². The van der Waals surface area contributed by atoms with Gasteiger partial charge in [0, 0.05) is 16.5 Å². The lowest BCUT2D eigenvalue weighted by atomic mass is 9.72. The molecule has 0 unspecified atom stereocenters. The lowest BCUT2D eigenvalue weighted by Crippen LogP contribution is -2.34. The van der Waals surface area contributed by atoms with E-state index in [0.717, 1.165) is 21.9 Å². The standard InChI is InChI=1S/C18H14O4/c19-11-4-6-18(7-5-11)15-14-10(2-1-3-12(14)17(18)20)8-13-16(15)22-9-21-13/h1-4,6,8,11,19H,5,7,9H2/t11-,18+/m1/s1. The number of hydrogen-bond donors (Lipinski definition) is 1. The molecule has 1 heterocycles. The number of hydrogen-bond acceptors (Lipinski definition) is 4. The number of rotatable bonds is 0. The largest absolute Gasteiger partial charge is 0.454 e. The molecule has 0 amide bonds. The zero-order valence-electron chi connectivity index (χ0n) is 11.8. The molecule has 2 aliphatic carbocycles. The Hall–Kier alpha value is -2.33. The normalized spacial score (nSPS) is 28.0. The monoisotopic (exact) mass is 294 g/mol. The summed E-state index contributed by atoms with van der Waals surface area (Å²) in [6.07, 6.45) is 4.27. The highest BCUT2D eigenvalue weighted by Gasteiger charge is 2.50. The first-order valence-electron chi connectivity index (χ1n) is 7.49. The van der Waals surface area contributed by atoms with Gasteiger partial charge in [-0.1, -0.05) is 30.4 Å². The average Bonchev–Trinajstić information content (AvgIpc) is 3.08. The Morgan fingerprint density at radius 1 is 1.27 bits per heavy atom. The summed E-state index contributed by atoms with van der Waals surface area (Å²) in [5, 5.41) is 11.8. The SMILES string of the molecule is O=C1c2cccc3cc4c(c(c23)[C@@]12C=C[C@@H](O)CC2)OCO4. The van der Waals surface area contributed by atoms with Crippen LogP contribution in [-0.4, -0.2) is 23.8 Å². The average molecular weight is 294 g/mol. The molecule has 5 rings (SSSR count). The first kappa shape index (κ1) is 12.2. The fourth-order valence-electron chi connectivity index (χ4n) is 4.01. The van der Waals surface area contributed by atoms with Crippen molar-refractivity contribution in [2.45, 2.75) is 24.4 Å². The number of carbonyl (C=O) groups is 1. The fraction of sp³-hybridized carbons (Fsp3) is 0.278. The predicted octanol–water partition coefficient (Wildman–Crippen LogP) is 2.71. The molecule has 4 heteroatoms. The number of aliphatic hydroxyl groups is 1. The second-order valence-corrected chi connectivity index (χ2v) is 6.15. The Bertz CT molecular complexity index is 867. The summed E-state index contributed by atoms with van der Waals surface area (Å²) >= 11 is 0. The first-order valence-corrected chi connectivity index (χ1v) is 7.49. The maximum atomic E-state index is 13.1. The summed E-state index contributed by atoms with van der Waals surface area (Å²) < 4.78 is 11.2. The Labute approximate surface area is 127 Å².